The minimum absolute atomic E-state index is 0.00863. The van der Waals surface area contributed by atoms with E-state index < -0.39 is 18.7 Å². The van der Waals surface area contributed by atoms with Crippen molar-refractivity contribution < 1.29 is 17.9 Å². The molecule has 0 amide bonds. The number of ether oxygens (including phenoxy) is 1. The number of pyridine rings is 1. The normalized spacial score (nSPS) is 13.1. The van der Waals surface area contributed by atoms with Crippen LogP contribution in [0.3, 0.4) is 0 Å². The van der Waals surface area contributed by atoms with Crippen molar-refractivity contribution in [1.82, 2.24) is 4.98 Å². The summed E-state index contributed by atoms with van der Waals surface area (Å²) in [4.78, 5) is 4.50. The highest BCUT2D eigenvalue weighted by Gasteiger charge is 2.27. The minimum atomic E-state index is -4.16. The van der Waals surface area contributed by atoms with Crippen molar-refractivity contribution in [3.63, 3.8) is 0 Å². The first-order valence-electron chi connectivity index (χ1n) is 10.5. The molecule has 0 radical (unpaired) electrons. The Labute approximate surface area is 182 Å². The molecule has 1 atom stereocenters. The van der Waals surface area contributed by atoms with Crippen LogP contribution in [0.5, 0.6) is 5.75 Å². The van der Waals surface area contributed by atoms with Crippen molar-refractivity contribution in [3.8, 4) is 17.0 Å². The molecule has 1 heterocycles. The third-order valence-corrected chi connectivity index (χ3v) is 5.16. The van der Waals surface area contributed by atoms with E-state index >= 15 is 0 Å². The summed E-state index contributed by atoms with van der Waals surface area (Å²) in [7, 11) is 0. The van der Waals surface area contributed by atoms with E-state index in [2.05, 4.69) is 37.9 Å². The van der Waals surface area contributed by atoms with Crippen LogP contribution < -0.4 is 4.74 Å². The monoisotopic (exact) mass is 427 g/mol. The number of hydrogen-bond donors (Lipinski definition) is 0. The van der Waals surface area contributed by atoms with Gasteiger partial charge < -0.3 is 4.74 Å². The van der Waals surface area contributed by atoms with Gasteiger partial charge in [0.25, 0.3) is 0 Å². The molecule has 1 unspecified atom stereocenters. The van der Waals surface area contributed by atoms with E-state index in [-0.39, 0.29) is 18.3 Å². The lowest BCUT2D eigenvalue weighted by molar-refractivity contribution is -0.136. The first-order chi connectivity index (χ1) is 14.6. The second-order valence-corrected chi connectivity index (χ2v) is 8.73. The third-order valence-electron chi connectivity index (χ3n) is 5.16. The Morgan fingerprint density at radius 1 is 0.871 bits per heavy atom. The average Bonchev–Trinajstić information content (AvgIpc) is 2.73. The molecule has 3 aromatic rings. The molecular formula is C26H28F3NO. The summed E-state index contributed by atoms with van der Waals surface area (Å²) >= 11 is 0. The maximum atomic E-state index is 12.6. The molecule has 1 aromatic heterocycles. The second-order valence-electron chi connectivity index (χ2n) is 8.73. The Morgan fingerprint density at radius 2 is 1.55 bits per heavy atom. The fourth-order valence-electron chi connectivity index (χ4n) is 3.38. The van der Waals surface area contributed by atoms with Gasteiger partial charge >= 0.3 is 6.18 Å². The molecule has 0 saturated carbocycles. The van der Waals surface area contributed by atoms with Gasteiger partial charge in [-0.05, 0) is 41.5 Å². The first-order valence-corrected chi connectivity index (χ1v) is 10.5. The summed E-state index contributed by atoms with van der Waals surface area (Å²) in [6, 6.07) is 21.3. The van der Waals surface area contributed by atoms with E-state index in [9.17, 15) is 13.2 Å². The highest BCUT2D eigenvalue weighted by molar-refractivity contribution is 5.60. The Balaban J connectivity index is 1.72. The SMILES string of the molecule is CC(C)(C)c1ccc(-c2ccc(OC(CCCC(F)(F)F)c3ccccc3)cn2)cc1. The molecule has 31 heavy (non-hydrogen) atoms. The average molecular weight is 428 g/mol. The van der Waals surface area contributed by atoms with Gasteiger partial charge in [-0.15, -0.1) is 0 Å². The van der Waals surface area contributed by atoms with Gasteiger partial charge in [-0.1, -0.05) is 75.4 Å². The van der Waals surface area contributed by atoms with Crippen LogP contribution in [-0.4, -0.2) is 11.2 Å². The second kappa shape index (κ2) is 9.54. The highest BCUT2D eigenvalue weighted by atomic mass is 19.4. The van der Waals surface area contributed by atoms with E-state index in [1.165, 1.54) is 5.56 Å². The molecule has 2 nitrogen and oxygen atoms in total. The molecule has 5 heteroatoms. The topological polar surface area (TPSA) is 22.1 Å². The molecule has 0 fully saturated rings. The van der Waals surface area contributed by atoms with Crippen molar-refractivity contribution >= 4 is 0 Å². The van der Waals surface area contributed by atoms with Crippen LogP contribution in [0.4, 0.5) is 13.2 Å². The molecule has 0 spiro atoms. The Bertz CT molecular complexity index is 943. The van der Waals surface area contributed by atoms with Crippen LogP contribution in [-0.2, 0) is 5.41 Å². The van der Waals surface area contributed by atoms with Crippen molar-refractivity contribution in [1.29, 1.82) is 0 Å². The number of nitrogens with zero attached hydrogens (tertiary/aromatic N) is 1. The van der Waals surface area contributed by atoms with Crippen molar-refractivity contribution in [2.75, 3.05) is 0 Å². The maximum Gasteiger partial charge on any atom is 0.389 e. The maximum absolute atomic E-state index is 12.6. The van der Waals surface area contributed by atoms with Crippen molar-refractivity contribution in [3.05, 3.63) is 84.1 Å². The molecule has 3 rings (SSSR count). The molecule has 0 aliphatic carbocycles. The molecule has 0 saturated heterocycles. The summed E-state index contributed by atoms with van der Waals surface area (Å²) in [5.74, 6) is 0.538. The number of rotatable bonds is 7. The molecule has 0 N–H and O–H groups in total. The largest absolute Gasteiger partial charge is 0.484 e. The van der Waals surface area contributed by atoms with Crippen molar-refractivity contribution in [2.45, 2.75) is 57.7 Å². The lowest BCUT2D eigenvalue weighted by atomic mass is 9.86. The molecule has 0 aliphatic heterocycles. The van der Waals surface area contributed by atoms with Gasteiger partial charge in [-0.3, -0.25) is 4.98 Å². The van der Waals surface area contributed by atoms with E-state index in [1.54, 1.807) is 6.20 Å². The van der Waals surface area contributed by atoms with E-state index in [0.29, 0.717) is 5.75 Å². The van der Waals surface area contributed by atoms with Crippen LogP contribution in [0.15, 0.2) is 72.9 Å². The fourth-order valence-corrected chi connectivity index (χ4v) is 3.38. The number of alkyl halides is 3. The molecular weight excluding hydrogens is 399 g/mol. The van der Waals surface area contributed by atoms with Gasteiger partial charge in [0.2, 0.25) is 0 Å². The van der Waals surface area contributed by atoms with Crippen LogP contribution in [0.25, 0.3) is 11.3 Å². The Kier molecular flexibility index (Phi) is 7.04. The zero-order chi connectivity index (χ0) is 22.5. The van der Waals surface area contributed by atoms with Gasteiger partial charge in [0.15, 0.2) is 0 Å². The van der Waals surface area contributed by atoms with Crippen LogP contribution in [0.2, 0.25) is 0 Å². The summed E-state index contributed by atoms with van der Waals surface area (Å²) in [5, 5.41) is 0. The number of benzene rings is 2. The van der Waals surface area contributed by atoms with Gasteiger partial charge in [0.1, 0.15) is 11.9 Å². The Morgan fingerprint density at radius 3 is 2.10 bits per heavy atom. The highest BCUT2D eigenvalue weighted by Crippen LogP contribution is 2.31. The first kappa shape index (κ1) is 22.9. The Hall–Kier alpha value is -2.82. The number of halogens is 3. The lowest BCUT2D eigenvalue weighted by Crippen LogP contribution is -2.11. The summed E-state index contributed by atoms with van der Waals surface area (Å²) in [6.07, 6.45) is -3.52. The smallest absolute Gasteiger partial charge is 0.389 e. The predicted octanol–water partition coefficient (Wildman–Crippen LogP) is 7.90. The van der Waals surface area contributed by atoms with Gasteiger partial charge in [-0.2, -0.15) is 13.2 Å². The molecule has 164 valence electrons. The fraction of sp³-hybridized carbons (Fsp3) is 0.346. The van der Waals surface area contributed by atoms with Crippen LogP contribution in [0.1, 0.15) is 57.3 Å². The van der Waals surface area contributed by atoms with E-state index in [1.807, 2.05) is 54.6 Å². The quantitative estimate of drug-likeness (QED) is 0.382. The van der Waals surface area contributed by atoms with Gasteiger partial charge in [0, 0.05) is 12.0 Å². The van der Waals surface area contributed by atoms with Gasteiger partial charge in [0.05, 0.1) is 11.9 Å². The molecule has 2 aromatic carbocycles. The lowest BCUT2D eigenvalue weighted by Gasteiger charge is -2.20. The summed E-state index contributed by atoms with van der Waals surface area (Å²) in [6.45, 7) is 6.51. The van der Waals surface area contributed by atoms with Crippen LogP contribution in [0, 0.1) is 0 Å². The zero-order valence-corrected chi connectivity index (χ0v) is 18.1. The van der Waals surface area contributed by atoms with Crippen molar-refractivity contribution in [2.24, 2.45) is 0 Å². The van der Waals surface area contributed by atoms with E-state index in [4.69, 9.17) is 4.74 Å². The van der Waals surface area contributed by atoms with E-state index in [0.717, 1.165) is 16.8 Å². The summed E-state index contributed by atoms with van der Waals surface area (Å²) < 4.78 is 43.8. The molecule has 0 bridgehead atoms. The third kappa shape index (κ3) is 6.84. The molecule has 0 aliphatic rings. The van der Waals surface area contributed by atoms with Gasteiger partial charge in [-0.25, -0.2) is 0 Å². The number of aromatic nitrogens is 1. The predicted molar refractivity (Wildman–Crippen MR) is 118 cm³/mol. The number of hydrogen-bond acceptors (Lipinski definition) is 2. The van der Waals surface area contributed by atoms with Crippen LogP contribution >= 0.6 is 0 Å². The summed E-state index contributed by atoms with van der Waals surface area (Å²) in [5.41, 5.74) is 4.01. The minimum Gasteiger partial charge on any atom is -0.484 e. The zero-order valence-electron chi connectivity index (χ0n) is 18.1. The standard InChI is InChI=1S/C26H28F3NO/c1-25(2,3)21-13-11-19(12-14-21)23-16-15-22(18-30-23)31-24(10-7-17-26(27,28)29)20-8-5-4-6-9-20/h4-6,8-9,11-16,18,24H,7,10,17H2,1-3H3.